The third-order valence-corrected chi connectivity index (χ3v) is 6.12. The second-order valence-corrected chi connectivity index (χ2v) is 7.80. The minimum Gasteiger partial charge on any atom is -0.506 e. The molecular formula is C14H16N2O3S2. The molecule has 0 amide bonds. The van der Waals surface area contributed by atoms with Crippen LogP contribution in [0.1, 0.15) is 29.3 Å². The molecule has 1 unspecified atom stereocenters. The summed E-state index contributed by atoms with van der Waals surface area (Å²) in [5.41, 5.74) is 6.69. The number of nitrogen functional groups attached to an aromatic ring is 1. The quantitative estimate of drug-likeness (QED) is 0.597. The van der Waals surface area contributed by atoms with E-state index in [0.29, 0.717) is 0 Å². The minimum absolute atomic E-state index is 0.0535. The first-order chi connectivity index (χ1) is 9.97. The number of phenolic OH excluding ortho intramolecular Hbond substituents is 1. The molecule has 0 fully saturated rings. The molecule has 0 aliphatic heterocycles. The number of thiophene rings is 1. The molecule has 7 heteroatoms. The lowest BCUT2D eigenvalue weighted by Gasteiger charge is -2.23. The summed E-state index contributed by atoms with van der Waals surface area (Å²) < 4.78 is 27.6. The van der Waals surface area contributed by atoms with Crippen molar-refractivity contribution < 1.29 is 13.5 Å². The number of aryl methyl sites for hydroxylation is 1. The predicted octanol–water partition coefficient (Wildman–Crippen LogP) is 2.39. The molecule has 1 aliphatic rings. The van der Waals surface area contributed by atoms with E-state index < -0.39 is 10.0 Å². The van der Waals surface area contributed by atoms with Crippen LogP contribution < -0.4 is 10.5 Å². The van der Waals surface area contributed by atoms with Crippen LogP contribution in [0.15, 0.2) is 34.5 Å². The molecule has 112 valence electrons. The maximum atomic E-state index is 12.5. The molecule has 0 spiro atoms. The van der Waals surface area contributed by atoms with Gasteiger partial charge in [-0.25, -0.2) is 13.1 Å². The number of anilines is 1. The van der Waals surface area contributed by atoms with Crippen molar-refractivity contribution in [3.05, 3.63) is 40.1 Å². The Morgan fingerprint density at radius 2 is 2.14 bits per heavy atom. The molecule has 1 aliphatic carbocycles. The fourth-order valence-corrected chi connectivity index (χ4v) is 4.84. The summed E-state index contributed by atoms with van der Waals surface area (Å²) in [4.78, 5) is 1.32. The van der Waals surface area contributed by atoms with E-state index in [4.69, 9.17) is 5.73 Å². The summed E-state index contributed by atoms with van der Waals surface area (Å²) in [5, 5.41) is 11.4. The summed E-state index contributed by atoms with van der Waals surface area (Å²) in [7, 11) is -3.66. The van der Waals surface area contributed by atoms with E-state index in [1.807, 2.05) is 11.4 Å². The number of aromatic hydroxyl groups is 1. The van der Waals surface area contributed by atoms with E-state index in [1.165, 1.54) is 23.1 Å². The Morgan fingerprint density at radius 3 is 2.90 bits per heavy atom. The molecule has 5 nitrogen and oxygen atoms in total. The van der Waals surface area contributed by atoms with Crippen molar-refractivity contribution in [1.29, 1.82) is 0 Å². The van der Waals surface area contributed by atoms with Crippen molar-refractivity contribution >= 4 is 27.0 Å². The van der Waals surface area contributed by atoms with Gasteiger partial charge >= 0.3 is 0 Å². The van der Waals surface area contributed by atoms with Crippen molar-refractivity contribution in [2.75, 3.05) is 5.73 Å². The summed E-state index contributed by atoms with van der Waals surface area (Å²) in [6, 6.07) is 5.71. The number of nitrogens with two attached hydrogens (primary N) is 1. The van der Waals surface area contributed by atoms with Gasteiger partial charge in [0.25, 0.3) is 0 Å². The summed E-state index contributed by atoms with van der Waals surface area (Å²) in [6.07, 6.45) is 2.77. The van der Waals surface area contributed by atoms with Crippen LogP contribution in [0.25, 0.3) is 0 Å². The lowest BCUT2D eigenvalue weighted by atomic mass is 9.95. The van der Waals surface area contributed by atoms with Gasteiger partial charge in [-0.1, -0.05) is 0 Å². The minimum atomic E-state index is -3.66. The van der Waals surface area contributed by atoms with Gasteiger partial charge in [0.2, 0.25) is 10.0 Å². The maximum absolute atomic E-state index is 12.5. The molecule has 1 atom stereocenters. The summed E-state index contributed by atoms with van der Waals surface area (Å²) in [6.45, 7) is 0. The highest BCUT2D eigenvalue weighted by molar-refractivity contribution is 7.89. The second kappa shape index (κ2) is 5.32. The molecule has 1 aromatic carbocycles. The highest BCUT2D eigenvalue weighted by Crippen LogP contribution is 2.34. The third-order valence-electron chi connectivity index (χ3n) is 3.66. The fourth-order valence-electron chi connectivity index (χ4n) is 2.56. The zero-order chi connectivity index (χ0) is 15.0. The smallest absolute Gasteiger partial charge is 0.241 e. The van der Waals surface area contributed by atoms with Gasteiger partial charge in [-0.05, 0) is 54.5 Å². The van der Waals surface area contributed by atoms with Crippen molar-refractivity contribution in [3.63, 3.8) is 0 Å². The van der Waals surface area contributed by atoms with E-state index in [9.17, 15) is 13.5 Å². The number of fused-ring (bicyclic) bond motifs is 1. The molecule has 2 aromatic rings. The molecule has 1 heterocycles. The van der Waals surface area contributed by atoms with Gasteiger partial charge in [-0.3, -0.25) is 0 Å². The van der Waals surface area contributed by atoms with E-state index in [0.717, 1.165) is 24.8 Å². The number of rotatable bonds is 3. The van der Waals surface area contributed by atoms with E-state index >= 15 is 0 Å². The van der Waals surface area contributed by atoms with E-state index in [1.54, 1.807) is 11.3 Å². The fraction of sp³-hybridized carbons (Fsp3) is 0.286. The largest absolute Gasteiger partial charge is 0.506 e. The van der Waals surface area contributed by atoms with Crippen LogP contribution >= 0.6 is 11.3 Å². The monoisotopic (exact) mass is 324 g/mol. The number of phenols is 1. The Balaban J connectivity index is 1.89. The predicted molar refractivity (Wildman–Crippen MR) is 82.8 cm³/mol. The summed E-state index contributed by atoms with van der Waals surface area (Å²) >= 11 is 1.67. The Hall–Kier alpha value is -1.57. The van der Waals surface area contributed by atoms with Gasteiger partial charge in [0.15, 0.2) is 0 Å². The standard InChI is InChI=1S/C14H16N2O3S2/c15-11-8-9(4-5-13(11)17)21(18,19)16-12-2-1-3-14-10(12)6-7-20-14/h4-8,12,16-17H,1-3,15H2. The average molecular weight is 324 g/mol. The highest BCUT2D eigenvalue weighted by Gasteiger charge is 2.26. The molecule has 0 saturated carbocycles. The van der Waals surface area contributed by atoms with Gasteiger partial charge in [0, 0.05) is 10.9 Å². The molecule has 3 rings (SSSR count). The normalized spacial score (nSPS) is 18.4. The topological polar surface area (TPSA) is 92.4 Å². The van der Waals surface area contributed by atoms with Gasteiger partial charge < -0.3 is 10.8 Å². The first kappa shape index (κ1) is 14.4. The SMILES string of the molecule is Nc1cc(S(=O)(=O)NC2CCCc3sccc32)ccc1O. The first-order valence-corrected chi connectivity index (χ1v) is 9.01. The van der Waals surface area contributed by atoms with Gasteiger partial charge in [0.1, 0.15) is 5.75 Å². The Bertz CT molecular complexity index is 768. The highest BCUT2D eigenvalue weighted by atomic mass is 32.2. The number of hydrogen-bond acceptors (Lipinski definition) is 5. The molecule has 0 radical (unpaired) electrons. The third kappa shape index (κ3) is 2.76. The Kier molecular flexibility index (Phi) is 3.64. The van der Waals surface area contributed by atoms with Crippen LogP contribution in [0.2, 0.25) is 0 Å². The number of sulfonamides is 1. The Morgan fingerprint density at radius 1 is 1.33 bits per heavy atom. The molecular weight excluding hydrogens is 308 g/mol. The van der Waals surface area contributed by atoms with Crippen LogP contribution in [-0.2, 0) is 16.4 Å². The first-order valence-electron chi connectivity index (χ1n) is 6.64. The van der Waals surface area contributed by atoms with Gasteiger partial charge in [0.05, 0.1) is 10.6 Å². The lowest BCUT2D eigenvalue weighted by Crippen LogP contribution is -2.30. The van der Waals surface area contributed by atoms with Gasteiger partial charge in [-0.2, -0.15) is 0 Å². The van der Waals surface area contributed by atoms with Crippen LogP contribution in [0.4, 0.5) is 5.69 Å². The van der Waals surface area contributed by atoms with Crippen molar-refractivity contribution in [2.45, 2.75) is 30.2 Å². The molecule has 0 bridgehead atoms. The van der Waals surface area contributed by atoms with E-state index in [-0.39, 0.29) is 22.4 Å². The summed E-state index contributed by atoms with van der Waals surface area (Å²) in [5.74, 6) is -0.119. The van der Waals surface area contributed by atoms with Crippen molar-refractivity contribution in [3.8, 4) is 5.75 Å². The lowest BCUT2D eigenvalue weighted by molar-refractivity contribution is 0.477. The van der Waals surface area contributed by atoms with Crippen molar-refractivity contribution in [2.24, 2.45) is 0 Å². The number of benzene rings is 1. The van der Waals surface area contributed by atoms with Crippen LogP contribution in [-0.4, -0.2) is 13.5 Å². The van der Waals surface area contributed by atoms with Crippen molar-refractivity contribution in [1.82, 2.24) is 4.72 Å². The Labute approximate surface area is 127 Å². The molecule has 0 saturated heterocycles. The van der Waals surface area contributed by atoms with Crippen LogP contribution in [0.3, 0.4) is 0 Å². The maximum Gasteiger partial charge on any atom is 0.241 e. The van der Waals surface area contributed by atoms with E-state index in [2.05, 4.69) is 4.72 Å². The zero-order valence-corrected chi connectivity index (χ0v) is 12.9. The zero-order valence-electron chi connectivity index (χ0n) is 11.2. The molecule has 21 heavy (non-hydrogen) atoms. The van der Waals surface area contributed by atoms with Crippen LogP contribution in [0, 0.1) is 0 Å². The number of nitrogens with one attached hydrogen (secondary N) is 1. The average Bonchev–Trinajstić information content (AvgIpc) is 2.91. The molecule has 4 N–H and O–H groups in total. The second-order valence-electron chi connectivity index (χ2n) is 5.09. The van der Waals surface area contributed by atoms with Crippen LogP contribution in [0.5, 0.6) is 5.75 Å². The number of hydrogen-bond donors (Lipinski definition) is 3. The molecule has 1 aromatic heterocycles. The van der Waals surface area contributed by atoms with Gasteiger partial charge in [-0.15, -0.1) is 11.3 Å².